The number of amides is 1. The van der Waals surface area contributed by atoms with Crippen LogP contribution in [0.4, 0.5) is 4.79 Å². The molecule has 1 saturated heterocycles. The molecule has 0 unspecified atom stereocenters. The van der Waals surface area contributed by atoms with Gasteiger partial charge in [0.25, 0.3) is 0 Å². The summed E-state index contributed by atoms with van der Waals surface area (Å²) >= 11 is 0. The molecule has 0 bridgehead atoms. The second-order valence-corrected chi connectivity index (χ2v) is 1.22. The quantitative estimate of drug-likeness (QED) is 0.466. The van der Waals surface area contributed by atoms with Gasteiger partial charge in [-0.15, -0.1) is 0 Å². The van der Waals surface area contributed by atoms with E-state index in [0.717, 1.165) is 5.06 Å². The molecule has 0 atom stereocenters. The van der Waals surface area contributed by atoms with Crippen molar-refractivity contribution in [2.24, 2.45) is 0 Å². The molecule has 1 aliphatic heterocycles. The first-order chi connectivity index (χ1) is 3.30. The minimum atomic E-state index is -1.01. The van der Waals surface area contributed by atoms with E-state index in [1.165, 1.54) is 0 Å². The summed E-state index contributed by atoms with van der Waals surface area (Å²) in [6.07, 6.45) is -1.01. The van der Waals surface area contributed by atoms with Crippen molar-refractivity contribution in [3.05, 3.63) is 0 Å². The first kappa shape index (κ1) is 4.39. The molecule has 0 aliphatic carbocycles. The summed E-state index contributed by atoms with van der Waals surface area (Å²) < 4.78 is 0. The van der Waals surface area contributed by atoms with Crippen molar-refractivity contribution in [3.63, 3.8) is 0 Å². The minimum Gasteiger partial charge on any atom is -0.463 e. The molecule has 1 rings (SSSR count). The largest absolute Gasteiger partial charge is 0.463 e. The van der Waals surface area contributed by atoms with Crippen molar-refractivity contribution in [1.82, 2.24) is 5.06 Å². The average Bonchev–Trinajstić information content (AvgIpc) is 1.23. The van der Waals surface area contributed by atoms with Gasteiger partial charge in [-0.25, -0.2) is 4.79 Å². The maximum atomic E-state index is 9.78. The van der Waals surface area contributed by atoms with Crippen molar-refractivity contribution in [2.75, 3.05) is 13.2 Å². The highest BCUT2D eigenvalue weighted by Gasteiger charge is 2.19. The molecular formula is C3H5NO3. The molecule has 4 heteroatoms. The van der Waals surface area contributed by atoms with E-state index in [4.69, 9.17) is 5.11 Å². The van der Waals surface area contributed by atoms with E-state index in [-0.39, 0.29) is 0 Å². The molecular weight excluding hydrogens is 98.0 g/mol. The number of nitrogens with zero attached hydrogens (tertiary/aromatic N) is 1. The standard InChI is InChI=1S/C3H5NO3/c5-3(6)4-1-2-7-4/h1-2H2,(H,5,6). The topological polar surface area (TPSA) is 49.8 Å². The van der Waals surface area contributed by atoms with Crippen LogP contribution < -0.4 is 0 Å². The zero-order valence-electron chi connectivity index (χ0n) is 3.63. The predicted molar refractivity (Wildman–Crippen MR) is 20.7 cm³/mol. The highest BCUT2D eigenvalue weighted by atomic mass is 16.7. The van der Waals surface area contributed by atoms with Crippen LogP contribution in [-0.2, 0) is 4.84 Å². The number of carbonyl (C=O) groups is 1. The zero-order chi connectivity index (χ0) is 5.28. The van der Waals surface area contributed by atoms with E-state index in [2.05, 4.69) is 4.84 Å². The van der Waals surface area contributed by atoms with Gasteiger partial charge >= 0.3 is 6.09 Å². The summed E-state index contributed by atoms with van der Waals surface area (Å²) in [4.78, 5) is 14.2. The molecule has 7 heavy (non-hydrogen) atoms. The average molecular weight is 103 g/mol. The van der Waals surface area contributed by atoms with Crippen LogP contribution in [0, 0.1) is 0 Å². The Labute approximate surface area is 40.2 Å². The number of hydrogen-bond donors (Lipinski definition) is 1. The van der Waals surface area contributed by atoms with Crippen LogP contribution in [0.25, 0.3) is 0 Å². The van der Waals surface area contributed by atoms with E-state index >= 15 is 0 Å². The zero-order valence-corrected chi connectivity index (χ0v) is 3.63. The van der Waals surface area contributed by atoms with Gasteiger partial charge in [-0.2, -0.15) is 5.06 Å². The van der Waals surface area contributed by atoms with Gasteiger partial charge in [0.05, 0.1) is 13.2 Å². The van der Waals surface area contributed by atoms with Crippen LogP contribution >= 0.6 is 0 Å². The van der Waals surface area contributed by atoms with E-state index in [1.54, 1.807) is 0 Å². The summed E-state index contributed by atoms with van der Waals surface area (Å²) in [7, 11) is 0. The van der Waals surface area contributed by atoms with Gasteiger partial charge in [0, 0.05) is 0 Å². The maximum Gasteiger partial charge on any atom is 0.431 e. The Morgan fingerprint density at radius 1 is 1.86 bits per heavy atom. The predicted octanol–water partition coefficient (Wildman–Crippen LogP) is -0.0884. The van der Waals surface area contributed by atoms with Crippen LogP contribution in [0.5, 0.6) is 0 Å². The fraction of sp³-hybridized carbons (Fsp3) is 0.667. The summed E-state index contributed by atoms with van der Waals surface area (Å²) in [5.74, 6) is 0. The lowest BCUT2D eigenvalue weighted by Crippen LogP contribution is -2.42. The van der Waals surface area contributed by atoms with Gasteiger partial charge in [0.15, 0.2) is 0 Å². The Morgan fingerprint density at radius 3 is 2.43 bits per heavy atom. The Hall–Kier alpha value is -0.770. The van der Waals surface area contributed by atoms with E-state index in [9.17, 15) is 4.79 Å². The van der Waals surface area contributed by atoms with E-state index < -0.39 is 6.09 Å². The van der Waals surface area contributed by atoms with Gasteiger partial charge in [-0.05, 0) is 0 Å². The van der Waals surface area contributed by atoms with Gasteiger partial charge in [-0.1, -0.05) is 0 Å². The fourth-order valence-corrected chi connectivity index (χ4v) is 0.333. The summed E-state index contributed by atoms with van der Waals surface area (Å²) in [6.45, 7) is 1.04. The normalized spacial score (nSPS) is 18.6. The minimum absolute atomic E-state index is 0.509. The van der Waals surface area contributed by atoms with Crippen molar-refractivity contribution < 1.29 is 14.7 Å². The summed E-state index contributed by atoms with van der Waals surface area (Å²) in [6, 6.07) is 0. The lowest BCUT2D eigenvalue weighted by Gasteiger charge is -2.25. The van der Waals surface area contributed by atoms with Crippen molar-refractivity contribution in [1.29, 1.82) is 0 Å². The van der Waals surface area contributed by atoms with Crippen LogP contribution in [0.2, 0.25) is 0 Å². The Bertz CT molecular complexity index is 88.2. The molecule has 1 fully saturated rings. The van der Waals surface area contributed by atoms with Crippen LogP contribution in [0.15, 0.2) is 0 Å². The van der Waals surface area contributed by atoms with Crippen molar-refractivity contribution in [2.45, 2.75) is 0 Å². The van der Waals surface area contributed by atoms with Gasteiger partial charge in [-0.3, -0.25) is 4.84 Å². The Kier molecular flexibility index (Phi) is 0.867. The SMILES string of the molecule is O=C(O)N1CCO1. The molecule has 1 amide bonds. The fourth-order valence-electron chi connectivity index (χ4n) is 0.333. The molecule has 0 saturated carbocycles. The molecule has 40 valence electrons. The van der Waals surface area contributed by atoms with E-state index in [1.807, 2.05) is 0 Å². The maximum absolute atomic E-state index is 9.78. The van der Waals surface area contributed by atoms with Crippen molar-refractivity contribution >= 4 is 6.09 Å². The number of carboxylic acid groups (broad SMARTS) is 1. The smallest absolute Gasteiger partial charge is 0.431 e. The van der Waals surface area contributed by atoms with Crippen LogP contribution in [0.3, 0.4) is 0 Å². The molecule has 0 aromatic heterocycles. The lowest BCUT2D eigenvalue weighted by atomic mass is 10.6. The number of rotatable bonds is 0. The first-order valence-corrected chi connectivity index (χ1v) is 1.94. The van der Waals surface area contributed by atoms with Gasteiger partial charge < -0.3 is 5.11 Å². The molecule has 1 N–H and O–H groups in total. The van der Waals surface area contributed by atoms with E-state index in [0.29, 0.717) is 13.2 Å². The Balaban J connectivity index is 2.27. The second kappa shape index (κ2) is 1.38. The highest BCUT2D eigenvalue weighted by molar-refractivity contribution is 5.63. The monoisotopic (exact) mass is 103 g/mol. The summed E-state index contributed by atoms with van der Waals surface area (Å²) in [5, 5.41) is 8.92. The molecule has 0 aromatic carbocycles. The Morgan fingerprint density at radius 2 is 2.43 bits per heavy atom. The molecule has 1 aliphatic rings. The van der Waals surface area contributed by atoms with Crippen molar-refractivity contribution in [3.8, 4) is 0 Å². The van der Waals surface area contributed by atoms with Crippen LogP contribution in [0.1, 0.15) is 0 Å². The molecule has 0 aromatic rings. The third-order valence-electron chi connectivity index (χ3n) is 0.755. The molecule has 1 heterocycles. The molecule has 0 radical (unpaired) electrons. The van der Waals surface area contributed by atoms with Gasteiger partial charge in [0.1, 0.15) is 0 Å². The number of hydroxylamine groups is 2. The molecule has 4 nitrogen and oxygen atoms in total. The third-order valence-corrected chi connectivity index (χ3v) is 0.755. The second-order valence-electron chi connectivity index (χ2n) is 1.22. The number of hydrogen-bond acceptors (Lipinski definition) is 2. The lowest BCUT2D eigenvalue weighted by molar-refractivity contribution is -0.214. The van der Waals surface area contributed by atoms with Gasteiger partial charge in [0.2, 0.25) is 0 Å². The first-order valence-electron chi connectivity index (χ1n) is 1.94. The molecule has 0 spiro atoms. The highest BCUT2D eigenvalue weighted by Crippen LogP contribution is 2.00. The third kappa shape index (κ3) is 0.640. The van der Waals surface area contributed by atoms with Crippen LogP contribution in [-0.4, -0.2) is 29.4 Å². The summed E-state index contributed by atoms with van der Waals surface area (Å²) in [5.41, 5.74) is 0.